The van der Waals surface area contributed by atoms with Crippen LogP contribution in [0.4, 0.5) is 5.00 Å². The number of thiophene rings is 2. The summed E-state index contributed by atoms with van der Waals surface area (Å²) in [6, 6.07) is 13.6. The Morgan fingerprint density at radius 1 is 1.09 bits per heavy atom. The fourth-order valence-corrected chi connectivity index (χ4v) is 6.47. The molecule has 1 N–H and O–H groups in total. The molecule has 0 saturated carbocycles. The van der Waals surface area contributed by atoms with Crippen molar-refractivity contribution in [2.45, 2.75) is 46.0 Å². The van der Waals surface area contributed by atoms with Crippen LogP contribution in [0.2, 0.25) is 0 Å². The lowest BCUT2D eigenvalue weighted by Crippen LogP contribution is -2.16. The van der Waals surface area contributed by atoms with Crippen molar-refractivity contribution in [3.63, 3.8) is 0 Å². The van der Waals surface area contributed by atoms with Crippen LogP contribution >= 0.6 is 22.7 Å². The van der Waals surface area contributed by atoms with Gasteiger partial charge >= 0.3 is 5.97 Å². The van der Waals surface area contributed by atoms with Gasteiger partial charge in [-0.3, -0.25) is 4.79 Å². The van der Waals surface area contributed by atoms with Crippen LogP contribution in [0.3, 0.4) is 0 Å². The number of benzene rings is 1. The van der Waals surface area contributed by atoms with Gasteiger partial charge in [0.15, 0.2) is 0 Å². The van der Waals surface area contributed by atoms with E-state index in [2.05, 4.69) is 18.3 Å². The quantitative estimate of drug-likeness (QED) is 0.295. The summed E-state index contributed by atoms with van der Waals surface area (Å²) in [5, 5.41) is 4.45. The number of carbonyl (C=O) groups excluding carboxylic acids is 2. The van der Waals surface area contributed by atoms with E-state index in [1.54, 1.807) is 11.3 Å². The summed E-state index contributed by atoms with van der Waals surface area (Å²) in [7, 11) is 0. The van der Waals surface area contributed by atoms with Crippen LogP contribution in [0.15, 0.2) is 42.5 Å². The van der Waals surface area contributed by atoms with E-state index < -0.39 is 0 Å². The lowest BCUT2D eigenvalue weighted by atomic mass is 9.95. The van der Waals surface area contributed by atoms with Gasteiger partial charge in [-0.2, -0.15) is 0 Å². The lowest BCUT2D eigenvalue weighted by molar-refractivity contribution is 0.0505. The first-order chi connectivity index (χ1) is 16.5. The summed E-state index contributed by atoms with van der Waals surface area (Å²) < 4.78 is 5.49. The fraction of sp³-hybridized carbons (Fsp3) is 0.296. The van der Waals surface area contributed by atoms with Gasteiger partial charge in [0.05, 0.1) is 33.8 Å². The molecule has 0 bridgehead atoms. The third-order valence-electron chi connectivity index (χ3n) is 5.99. The first-order valence-corrected chi connectivity index (χ1v) is 13.3. The Kier molecular flexibility index (Phi) is 6.48. The smallest absolute Gasteiger partial charge is 0.341 e. The van der Waals surface area contributed by atoms with E-state index in [0.29, 0.717) is 22.7 Å². The molecule has 174 valence electrons. The highest BCUT2D eigenvalue weighted by atomic mass is 32.1. The molecule has 0 fully saturated rings. The van der Waals surface area contributed by atoms with Crippen molar-refractivity contribution in [3.8, 4) is 10.6 Å². The van der Waals surface area contributed by atoms with E-state index in [0.717, 1.165) is 59.1 Å². The van der Waals surface area contributed by atoms with Crippen LogP contribution in [-0.2, 0) is 17.6 Å². The van der Waals surface area contributed by atoms with Crippen molar-refractivity contribution in [2.24, 2.45) is 0 Å². The second-order valence-electron chi connectivity index (χ2n) is 8.49. The molecule has 3 aromatic heterocycles. The Balaban J connectivity index is 1.55. The van der Waals surface area contributed by atoms with Crippen molar-refractivity contribution >= 4 is 50.5 Å². The first kappa shape index (κ1) is 22.7. The normalized spacial score (nSPS) is 13.0. The summed E-state index contributed by atoms with van der Waals surface area (Å²) in [5.74, 6) is -0.581. The Morgan fingerprint density at radius 2 is 1.91 bits per heavy atom. The van der Waals surface area contributed by atoms with Gasteiger partial charge in [-0.05, 0) is 68.9 Å². The van der Waals surface area contributed by atoms with Crippen molar-refractivity contribution in [1.82, 2.24) is 4.98 Å². The highest BCUT2D eigenvalue weighted by Crippen LogP contribution is 2.39. The first-order valence-electron chi connectivity index (χ1n) is 11.6. The average Bonchev–Trinajstić information content (AvgIpc) is 3.45. The number of pyridine rings is 1. The maximum Gasteiger partial charge on any atom is 0.341 e. The van der Waals surface area contributed by atoms with Gasteiger partial charge in [-0.15, -0.1) is 22.7 Å². The summed E-state index contributed by atoms with van der Waals surface area (Å²) in [5.41, 5.74) is 3.67. The maximum absolute atomic E-state index is 13.6. The molecule has 1 aromatic carbocycles. The molecule has 0 saturated heterocycles. The lowest BCUT2D eigenvalue weighted by Gasteiger charge is -2.13. The maximum atomic E-state index is 13.6. The topological polar surface area (TPSA) is 68.3 Å². The molecule has 7 heteroatoms. The van der Waals surface area contributed by atoms with E-state index in [9.17, 15) is 9.59 Å². The molecular formula is C27H26N2O3S2. The van der Waals surface area contributed by atoms with E-state index in [4.69, 9.17) is 9.72 Å². The van der Waals surface area contributed by atoms with Gasteiger partial charge in [0.25, 0.3) is 5.91 Å². The zero-order valence-electron chi connectivity index (χ0n) is 19.3. The van der Waals surface area contributed by atoms with Crippen molar-refractivity contribution in [3.05, 3.63) is 68.9 Å². The van der Waals surface area contributed by atoms with Crippen LogP contribution in [0, 0.1) is 6.92 Å². The number of esters is 1. The number of aromatic nitrogens is 1. The van der Waals surface area contributed by atoms with Gasteiger partial charge in [0.2, 0.25) is 0 Å². The predicted molar refractivity (Wildman–Crippen MR) is 139 cm³/mol. The van der Waals surface area contributed by atoms with Crippen molar-refractivity contribution < 1.29 is 14.3 Å². The van der Waals surface area contributed by atoms with Crippen LogP contribution < -0.4 is 5.32 Å². The van der Waals surface area contributed by atoms with Gasteiger partial charge < -0.3 is 10.1 Å². The van der Waals surface area contributed by atoms with Crippen LogP contribution in [0.25, 0.3) is 21.5 Å². The molecule has 1 amide bonds. The number of nitrogens with zero attached hydrogens (tertiary/aromatic N) is 1. The molecule has 3 heterocycles. The van der Waals surface area contributed by atoms with Crippen LogP contribution in [-0.4, -0.2) is 23.5 Å². The number of amides is 1. The number of rotatable bonds is 6. The van der Waals surface area contributed by atoms with Gasteiger partial charge in [-0.25, -0.2) is 9.78 Å². The van der Waals surface area contributed by atoms with Crippen LogP contribution in [0.5, 0.6) is 0 Å². The number of hydrogen-bond donors (Lipinski definition) is 1. The molecule has 4 aromatic rings. The third kappa shape index (κ3) is 4.38. The fourth-order valence-electron chi connectivity index (χ4n) is 4.37. The molecular weight excluding hydrogens is 464 g/mol. The van der Waals surface area contributed by atoms with E-state index in [1.807, 2.05) is 43.3 Å². The van der Waals surface area contributed by atoms with E-state index in [1.165, 1.54) is 21.1 Å². The highest BCUT2D eigenvalue weighted by Gasteiger charge is 2.28. The van der Waals surface area contributed by atoms with Gasteiger partial charge in [-0.1, -0.05) is 25.1 Å². The largest absolute Gasteiger partial charge is 0.462 e. The zero-order valence-corrected chi connectivity index (χ0v) is 20.9. The van der Waals surface area contributed by atoms with Crippen molar-refractivity contribution in [1.29, 1.82) is 0 Å². The molecule has 0 radical (unpaired) electrons. The van der Waals surface area contributed by atoms with Crippen molar-refractivity contribution in [2.75, 3.05) is 11.9 Å². The summed E-state index contributed by atoms with van der Waals surface area (Å²) in [6.07, 6.45) is 4.68. The molecule has 5 rings (SSSR count). The standard InChI is InChI=1S/C27H26N2O3S2/c1-3-14-32-27(31)24-18-9-5-7-11-22(18)34-26(24)29-25(30)19-15-21(23-13-12-16(2)33-23)28-20-10-6-4-8-17(19)20/h4,6,8,10,12-13,15H,3,5,7,9,11,14H2,1-2H3,(H,29,30). The van der Waals surface area contributed by atoms with Crippen LogP contribution in [0.1, 0.15) is 62.2 Å². The zero-order chi connectivity index (χ0) is 23.7. The summed E-state index contributed by atoms with van der Waals surface area (Å²) in [6.45, 7) is 4.40. The second-order valence-corrected chi connectivity index (χ2v) is 10.9. The van der Waals surface area contributed by atoms with Gasteiger partial charge in [0, 0.05) is 15.1 Å². The molecule has 1 aliphatic rings. The number of anilines is 1. The average molecular weight is 491 g/mol. The Bertz CT molecular complexity index is 1390. The molecule has 0 spiro atoms. The molecule has 1 aliphatic carbocycles. The molecule has 0 atom stereocenters. The number of nitrogens with one attached hydrogen (secondary N) is 1. The summed E-state index contributed by atoms with van der Waals surface area (Å²) in [4.78, 5) is 34.8. The minimum atomic E-state index is -0.342. The summed E-state index contributed by atoms with van der Waals surface area (Å²) >= 11 is 3.16. The Hall–Kier alpha value is -3.03. The second kappa shape index (κ2) is 9.68. The molecule has 5 nitrogen and oxygen atoms in total. The number of ether oxygens (including phenoxy) is 1. The number of carbonyl (C=O) groups is 2. The van der Waals surface area contributed by atoms with E-state index >= 15 is 0 Å². The van der Waals surface area contributed by atoms with E-state index in [-0.39, 0.29) is 11.9 Å². The number of aryl methyl sites for hydroxylation is 2. The predicted octanol–water partition coefficient (Wildman–Crippen LogP) is 7.03. The number of fused-ring (bicyclic) bond motifs is 2. The van der Waals surface area contributed by atoms with Gasteiger partial charge in [0.1, 0.15) is 5.00 Å². The SMILES string of the molecule is CCCOC(=O)c1c(NC(=O)c2cc(-c3ccc(C)s3)nc3ccccc23)sc2c1CCCC2. The molecule has 34 heavy (non-hydrogen) atoms. The number of para-hydroxylation sites is 1. The third-order valence-corrected chi connectivity index (χ3v) is 8.22. The molecule has 0 unspecified atom stereocenters. The number of hydrogen-bond acceptors (Lipinski definition) is 6. The molecule has 0 aliphatic heterocycles. The highest BCUT2D eigenvalue weighted by molar-refractivity contribution is 7.17. The monoisotopic (exact) mass is 490 g/mol. The Morgan fingerprint density at radius 3 is 2.71 bits per heavy atom. The minimum Gasteiger partial charge on any atom is -0.462 e. The minimum absolute atomic E-state index is 0.240. The Labute approximate surface area is 206 Å².